The van der Waals surface area contributed by atoms with Gasteiger partial charge in [0.1, 0.15) is 17.6 Å². The number of carbonyl (C=O) groups excluding carboxylic acids is 1. The van der Waals surface area contributed by atoms with Gasteiger partial charge >= 0.3 is 5.97 Å². The van der Waals surface area contributed by atoms with Gasteiger partial charge in [0, 0.05) is 11.5 Å². The molecule has 0 bridgehead atoms. The molecular weight excluding hydrogens is 418 g/mol. The lowest BCUT2D eigenvalue weighted by Crippen LogP contribution is -2.24. The number of carboxylic acids is 1. The van der Waals surface area contributed by atoms with Gasteiger partial charge in [-0.2, -0.15) is 0 Å². The molecule has 7 heteroatoms. The van der Waals surface area contributed by atoms with E-state index in [1.165, 1.54) is 19.3 Å². The molecule has 1 amide bonds. The van der Waals surface area contributed by atoms with Crippen LogP contribution in [-0.4, -0.2) is 31.6 Å². The monoisotopic (exact) mass is 451 g/mol. The number of carbonyl (C=O) groups is 2. The third kappa shape index (κ3) is 6.12. The molecule has 1 saturated carbocycles. The normalized spacial score (nSPS) is 15.1. The van der Waals surface area contributed by atoms with Gasteiger partial charge in [-0.15, -0.1) is 0 Å². The number of nitrogens with two attached hydrogens (primary N) is 1. The number of phenolic OH excluding ortho intramolecular Hbond substituents is 1. The zero-order chi connectivity index (χ0) is 24.0. The molecule has 1 heterocycles. The van der Waals surface area contributed by atoms with Crippen LogP contribution >= 0.6 is 0 Å². The highest BCUT2D eigenvalue weighted by Crippen LogP contribution is 2.32. The van der Waals surface area contributed by atoms with Crippen LogP contribution in [0.5, 0.6) is 5.75 Å². The van der Waals surface area contributed by atoms with E-state index in [0.717, 1.165) is 29.4 Å². The van der Waals surface area contributed by atoms with Gasteiger partial charge in [-0.3, -0.25) is 4.79 Å². The molecule has 1 aliphatic rings. The van der Waals surface area contributed by atoms with E-state index in [1.807, 2.05) is 38.1 Å². The zero-order valence-corrected chi connectivity index (χ0v) is 19.3. The number of hydrogen-bond acceptors (Lipinski definition) is 4. The molecule has 1 unspecified atom stereocenters. The Morgan fingerprint density at radius 2 is 1.70 bits per heavy atom. The van der Waals surface area contributed by atoms with Crippen molar-refractivity contribution in [2.24, 2.45) is 17.6 Å². The molecule has 0 aliphatic heterocycles. The highest BCUT2D eigenvalue weighted by atomic mass is 16.4. The second-order valence-corrected chi connectivity index (χ2v) is 9.06. The lowest BCUT2D eigenvalue weighted by atomic mass is 9.89. The van der Waals surface area contributed by atoms with E-state index < -0.39 is 12.0 Å². The molecule has 33 heavy (non-hydrogen) atoms. The van der Waals surface area contributed by atoms with E-state index >= 15 is 0 Å². The molecule has 1 fully saturated rings. The Labute approximate surface area is 194 Å². The third-order valence-electron chi connectivity index (χ3n) is 6.02. The summed E-state index contributed by atoms with van der Waals surface area (Å²) in [6.07, 6.45) is 6.22. The first-order valence-corrected chi connectivity index (χ1v) is 11.6. The number of para-hydroxylation sites is 2. The first kappa shape index (κ1) is 24.3. The Bertz CT molecular complexity index is 1080. The molecule has 0 spiro atoms. The molecule has 0 radical (unpaired) electrons. The van der Waals surface area contributed by atoms with Crippen LogP contribution in [0.25, 0.3) is 22.4 Å². The number of fused-ring (bicyclic) bond motifs is 1. The summed E-state index contributed by atoms with van der Waals surface area (Å²) in [5.74, 6) is 0.225. The van der Waals surface area contributed by atoms with Crippen LogP contribution in [0.4, 0.5) is 0 Å². The van der Waals surface area contributed by atoms with Crippen molar-refractivity contribution in [3.63, 3.8) is 0 Å². The number of primary amides is 1. The molecule has 1 atom stereocenters. The summed E-state index contributed by atoms with van der Waals surface area (Å²) in [5, 5.41) is 19.3. The van der Waals surface area contributed by atoms with Crippen LogP contribution in [0, 0.1) is 11.8 Å². The van der Waals surface area contributed by atoms with E-state index in [4.69, 9.17) is 5.73 Å². The second kappa shape index (κ2) is 11.0. The first-order chi connectivity index (χ1) is 15.8. The Morgan fingerprint density at radius 1 is 1.06 bits per heavy atom. The van der Waals surface area contributed by atoms with Crippen LogP contribution in [0.3, 0.4) is 0 Å². The van der Waals surface area contributed by atoms with Crippen molar-refractivity contribution in [2.45, 2.75) is 58.4 Å². The summed E-state index contributed by atoms with van der Waals surface area (Å²) in [7, 11) is 0. The van der Waals surface area contributed by atoms with Crippen molar-refractivity contribution < 1.29 is 19.8 Å². The topological polar surface area (TPSA) is 118 Å². The predicted octanol–water partition coefficient (Wildman–Crippen LogP) is 5.13. The summed E-state index contributed by atoms with van der Waals surface area (Å²) in [4.78, 5) is 27.1. The molecule has 0 saturated heterocycles. The lowest BCUT2D eigenvalue weighted by molar-refractivity contribution is -0.141. The standard InChI is InChI=1S/C19H20N2O3.C7H13NO/c1-12(2)11-17(19(23)24)21-16-6-4-3-5-15(16)20-18(21)13-7-9-14(22)10-8-13;8-7(9)6-4-2-1-3-5-6/h3-10,12,17,22H,11H2,1-2H3,(H,23,24);6H,1-5H2,(H2,8,9). The van der Waals surface area contributed by atoms with Crippen molar-refractivity contribution in [1.82, 2.24) is 9.55 Å². The summed E-state index contributed by atoms with van der Waals surface area (Å²) in [6, 6.07) is 13.5. The number of hydrogen-bond donors (Lipinski definition) is 3. The second-order valence-electron chi connectivity index (χ2n) is 9.06. The van der Waals surface area contributed by atoms with Gasteiger partial charge in [0.2, 0.25) is 5.91 Å². The minimum Gasteiger partial charge on any atom is -0.508 e. The molecule has 176 valence electrons. The maximum atomic E-state index is 11.9. The first-order valence-electron chi connectivity index (χ1n) is 11.6. The van der Waals surface area contributed by atoms with Crippen LogP contribution < -0.4 is 5.73 Å². The fourth-order valence-electron chi connectivity index (χ4n) is 4.32. The number of benzene rings is 2. The van der Waals surface area contributed by atoms with Crippen LogP contribution in [0.15, 0.2) is 48.5 Å². The Hall–Kier alpha value is -3.35. The third-order valence-corrected chi connectivity index (χ3v) is 6.02. The number of rotatable bonds is 6. The number of aliphatic carboxylic acids is 1. The summed E-state index contributed by atoms with van der Waals surface area (Å²) in [5.41, 5.74) is 7.46. The molecule has 7 nitrogen and oxygen atoms in total. The number of carboxylic acid groups (broad SMARTS) is 1. The summed E-state index contributed by atoms with van der Waals surface area (Å²) < 4.78 is 1.80. The SMILES string of the molecule is CC(C)CC(C(=O)O)n1c(-c2ccc(O)cc2)nc2ccccc21.NC(=O)C1CCCCC1. The largest absolute Gasteiger partial charge is 0.508 e. The quantitative estimate of drug-likeness (QED) is 0.480. The van der Waals surface area contributed by atoms with Crippen LogP contribution in [-0.2, 0) is 9.59 Å². The number of imidazole rings is 1. The van der Waals surface area contributed by atoms with Gasteiger partial charge in [0.15, 0.2) is 0 Å². The summed E-state index contributed by atoms with van der Waals surface area (Å²) in [6.45, 7) is 4.02. The molecule has 4 N–H and O–H groups in total. The highest BCUT2D eigenvalue weighted by Gasteiger charge is 2.26. The molecule has 4 rings (SSSR count). The van der Waals surface area contributed by atoms with Crippen LogP contribution in [0.2, 0.25) is 0 Å². The highest BCUT2D eigenvalue weighted by molar-refractivity contribution is 5.84. The Morgan fingerprint density at radius 3 is 2.24 bits per heavy atom. The number of nitrogens with zero attached hydrogens (tertiary/aromatic N) is 2. The van der Waals surface area contributed by atoms with Gasteiger partial charge in [0.25, 0.3) is 0 Å². The number of amides is 1. The van der Waals surface area contributed by atoms with Gasteiger partial charge in [-0.1, -0.05) is 45.2 Å². The van der Waals surface area contributed by atoms with Crippen molar-refractivity contribution in [2.75, 3.05) is 0 Å². The van der Waals surface area contributed by atoms with Crippen molar-refractivity contribution >= 4 is 22.9 Å². The van der Waals surface area contributed by atoms with E-state index in [-0.39, 0.29) is 23.5 Å². The maximum absolute atomic E-state index is 11.9. The average Bonchev–Trinajstić information content (AvgIpc) is 3.18. The van der Waals surface area contributed by atoms with Gasteiger partial charge in [-0.25, -0.2) is 9.78 Å². The van der Waals surface area contributed by atoms with Gasteiger partial charge in [0.05, 0.1) is 11.0 Å². The predicted molar refractivity (Wildman–Crippen MR) is 129 cm³/mol. The van der Waals surface area contributed by atoms with Crippen molar-refractivity contribution in [3.8, 4) is 17.1 Å². The maximum Gasteiger partial charge on any atom is 0.326 e. The number of aromatic nitrogens is 2. The Balaban J connectivity index is 0.000000286. The van der Waals surface area contributed by atoms with E-state index in [9.17, 15) is 19.8 Å². The van der Waals surface area contributed by atoms with E-state index in [0.29, 0.717) is 12.2 Å². The summed E-state index contributed by atoms with van der Waals surface area (Å²) >= 11 is 0. The average molecular weight is 452 g/mol. The van der Waals surface area contributed by atoms with Gasteiger partial charge < -0.3 is 20.5 Å². The van der Waals surface area contributed by atoms with Crippen LogP contribution in [0.1, 0.15) is 58.4 Å². The zero-order valence-electron chi connectivity index (χ0n) is 19.3. The van der Waals surface area contributed by atoms with Gasteiger partial charge in [-0.05, 0) is 61.6 Å². The fraction of sp³-hybridized carbons (Fsp3) is 0.423. The molecule has 1 aliphatic carbocycles. The smallest absolute Gasteiger partial charge is 0.326 e. The van der Waals surface area contributed by atoms with E-state index in [2.05, 4.69) is 4.98 Å². The van der Waals surface area contributed by atoms with Crippen molar-refractivity contribution in [1.29, 1.82) is 0 Å². The number of aromatic hydroxyl groups is 1. The minimum atomic E-state index is -0.869. The Kier molecular flexibility index (Phi) is 8.09. The number of phenols is 1. The van der Waals surface area contributed by atoms with Crippen molar-refractivity contribution in [3.05, 3.63) is 48.5 Å². The molecule has 2 aromatic carbocycles. The molecular formula is C26H33N3O4. The molecule has 1 aromatic heterocycles. The minimum absolute atomic E-state index is 0.102. The molecule has 3 aromatic rings. The fourth-order valence-corrected chi connectivity index (χ4v) is 4.32. The van der Waals surface area contributed by atoms with E-state index in [1.54, 1.807) is 28.8 Å². The lowest BCUT2D eigenvalue weighted by Gasteiger charge is -2.20.